The normalized spacial score (nSPS) is 11.5. The molecule has 4 heteroatoms. The van der Waals surface area contributed by atoms with Gasteiger partial charge in [0.1, 0.15) is 0 Å². The van der Waals surface area contributed by atoms with Crippen LogP contribution in [0.25, 0.3) is 0 Å². The Hall–Kier alpha value is -3.16. The fourth-order valence-corrected chi connectivity index (χ4v) is 2.57. The van der Waals surface area contributed by atoms with Crippen molar-refractivity contribution < 1.29 is 4.79 Å². The van der Waals surface area contributed by atoms with Crippen molar-refractivity contribution in [2.45, 2.75) is 25.8 Å². The summed E-state index contributed by atoms with van der Waals surface area (Å²) in [6.07, 6.45) is 4.07. The smallest absolute Gasteiger partial charge is 0.154 e. The van der Waals surface area contributed by atoms with E-state index in [1.807, 2.05) is 48.5 Å². The van der Waals surface area contributed by atoms with Crippen LogP contribution in [-0.4, -0.2) is 21.8 Å². The Morgan fingerprint density at radius 1 is 1.08 bits per heavy atom. The van der Waals surface area contributed by atoms with Gasteiger partial charge in [0.25, 0.3) is 0 Å². The number of carbonyl (C=O) groups is 1. The number of ketones is 1. The molecule has 0 aliphatic carbocycles. The zero-order valence-electron chi connectivity index (χ0n) is 14.7. The number of benzene rings is 2. The number of imidazole rings is 1. The summed E-state index contributed by atoms with van der Waals surface area (Å²) < 4.78 is 0. The van der Waals surface area contributed by atoms with Crippen molar-refractivity contribution in [2.75, 3.05) is 0 Å². The first-order chi connectivity index (χ1) is 12.6. The Kier molecular flexibility index (Phi) is 5.62. The van der Waals surface area contributed by atoms with Crippen molar-refractivity contribution in [3.8, 4) is 11.8 Å². The molecular formula is C22H21N3O. The first kappa shape index (κ1) is 17.7. The number of hydrogen-bond donors (Lipinski definition) is 2. The average molecular weight is 343 g/mol. The van der Waals surface area contributed by atoms with E-state index in [0.29, 0.717) is 12.8 Å². The summed E-state index contributed by atoms with van der Waals surface area (Å²) in [6.45, 7) is 2.05. The second kappa shape index (κ2) is 8.28. The number of H-pyrrole nitrogens is 1. The Labute approximate surface area is 153 Å². The first-order valence-corrected chi connectivity index (χ1v) is 8.53. The predicted octanol–water partition coefficient (Wildman–Crippen LogP) is 2.80. The van der Waals surface area contributed by atoms with Gasteiger partial charge < -0.3 is 10.7 Å². The minimum Gasteiger partial charge on any atom is -0.348 e. The molecule has 1 heterocycles. The molecule has 4 nitrogen and oxygen atoms in total. The quantitative estimate of drug-likeness (QED) is 0.700. The van der Waals surface area contributed by atoms with Gasteiger partial charge in [0.05, 0.1) is 12.4 Å². The van der Waals surface area contributed by atoms with Crippen LogP contribution in [0.5, 0.6) is 0 Å². The van der Waals surface area contributed by atoms with E-state index in [9.17, 15) is 4.79 Å². The number of nitrogens with one attached hydrogen (secondary N) is 1. The number of carbonyl (C=O) groups excluding carboxylic acids is 1. The zero-order valence-corrected chi connectivity index (χ0v) is 14.7. The molecule has 3 aromatic rings. The molecule has 0 aliphatic heterocycles. The van der Waals surface area contributed by atoms with Crippen LogP contribution < -0.4 is 5.73 Å². The Morgan fingerprint density at radius 3 is 2.27 bits per heavy atom. The number of Topliss-reactive ketones (excluding diaryl/α,β-unsaturated/α-hetero) is 1. The highest BCUT2D eigenvalue weighted by atomic mass is 16.1. The fourth-order valence-electron chi connectivity index (χ4n) is 2.57. The SMILES string of the molecule is Cc1ccc(C#Cc2ccc(CC(=O)C(N)Cc3cnc[nH]3)cc2)cc1. The number of rotatable bonds is 5. The second-order valence-corrected chi connectivity index (χ2v) is 6.34. The summed E-state index contributed by atoms with van der Waals surface area (Å²) >= 11 is 0. The molecule has 0 saturated carbocycles. The highest BCUT2D eigenvalue weighted by Gasteiger charge is 2.15. The summed E-state index contributed by atoms with van der Waals surface area (Å²) in [5.74, 6) is 6.30. The Morgan fingerprint density at radius 2 is 1.69 bits per heavy atom. The van der Waals surface area contributed by atoms with Gasteiger partial charge in [-0.15, -0.1) is 0 Å². The van der Waals surface area contributed by atoms with Crippen molar-refractivity contribution in [3.63, 3.8) is 0 Å². The van der Waals surface area contributed by atoms with E-state index < -0.39 is 6.04 Å². The zero-order chi connectivity index (χ0) is 18.4. The van der Waals surface area contributed by atoms with E-state index in [1.165, 1.54) is 5.56 Å². The average Bonchev–Trinajstić information content (AvgIpc) is 3.15. The number of aromatic amines is 1. The molecule has 0 spiro atoms. The Balaban J connectivity index is 1.59. The van der Waals surface area contributed by atoms with Crippen LogP contribution in [0.1, 0.15) is 27.9 Å². The lowest BCUT2D eigenvalue weighted by molar-refractivity contribution is -0.119. The van der Waals surface area contributed by atoms with E-state index in [1.54, 1.807) is 12.5 Å². The maximum atomic E-state index is 12.3. The number of nitrogens with two attached hydrogens (primary N) is 1. The lowest BCUT2D eigenvalue weighted by Crippen LogP contribution is -2.34. The molecule has 0 amide bonds. The molecule has 26 heavy (non-hydrogen) atoms. The topological polar surface area (TPSA) is 71.8 Å². The third kappa shape index (κ3) is 4.92. The molecule has 130 valence electrons. The summed E-state index contributed by atoms with van der Waals surface area (Å²) in [5, 5.41) is 0. The highest BCUT2D eigenvalue weighted by molar-refractivity contribution is 5.86. The molecule has 0 fully saturated rings. The molecule has 0 aliphatic rings. The summed E-state index contributed by atoms with van der Waals surface area (Å²) in [4.78, 5) is 19.2. The minimum atomic E-state index is -0.531. The van der Waals surface area contributed by atoms with Crippen LogP contribution >= 0.6 is 0 Å². The molecular weight excluding hydrogens is 322 g/mol. The number of hydrogen-bond acceptors (Lipinski definition) is 3. The largest absolute Gasteiger partial charge is 0.348 e. The monoisotopic (exact) mass is 343 g/mol. The number of nitrogens with zero attached hydrogens (tertiary/aromatic N) is 1. The molecule has 2 aromatic carbocycles. The third-order valence-electron chi connectivity index (χ3n) is 4.14. The summed E-state index contributed by atoms with van der Waals surface area (Å²) in [6, 6.07) is 15.3. The molecule has 1 atom stereocenters. The van der Waals surface area contributed by atoms with Gasteiger partial charge in [0, 0.05) is 35.9 Å². The van der Waals surface area contributed by atoms with Crippen molar-refractivity contribution in [2.24, 2.45) is 5.73 Å². The lowest BCUT2D eigenvalue weighted by Gasteiger charge is -2.09. The lowest BCUT2D eigenvalue weighted by atomic mass is 10.0. The maximum absolute atomic E-state index is 12.3. The predicted molar refractivity (Wildman–Crippen MR) is 103 cm³/mol. The van der Waals surface area contributed by atoms with Crippen molar-refractivity contribution in [1.29, 1.82) is 0 Å². The van der Waals surface area contributed by atoms with Gasteiger partial charge in [-0.1, -0.05) is 41.7 Å². The summed E-state index contributed by atoms with van der Waals surface area (Å²) in [7, 11) is 0. The fraction of sp³-hybridized carbons (Fsp3) is 0.182. The second-order valence-electron chi connectivity index (χ2n) is 6.34. The van der Waals surface area contributed by atoms with E-state index in [-0.39, 0.29) is 5.78 Å². The van der Waals surface area contributed by atoms with Crippen LogP contribution in [0.15, 0.2) is 61.1 Å². The van der Waals surface area contributed by atoms with Gasteiger partial charge in [0.15, 0.2) is 5.78 Å². The first-order valence-electron chi connectivity index (χ1n) is 8.53. The van der Waals surface area contributed by atoms with Crippen LogP contribution in [0.3, 0.4) is 0 Å². The molecule has 0 bridgehead atoms. The van der Waals surface area contributed by atoms with Gasteiger partial charge in [0.2, 0.25) is 0 Å². The number of aromatic nitrogens is 2. The van der Waals surface area contributed by atoms with Gasteiger partial charge >= 0.3 is 0 Å². The molecule has 1 unspecified atom stereocenters. The van der Waals surface area contributed by atoms with Gasteiger partial charge in [-0.3, -0.25) is 4.79 Å². The van der Waals surface area contributed by atoms with Crippen LogP contribution in [0.4, 0.5) is 0 Å². The van der Waals surface area contributed by atoms with Gasteiger partial charge in [-0.25, -0.2) is 4.98 Å². The van der Waals surface area contributed by atoms with E-state index in [4.69, 9.17) is 5.73 Å². The highest BCUT2D eigenvalue weighted by Crippen LogP contribution is 2.08. The molecule has 3 N–H and O–H groups in total. The van der Waals surface area contributed by atoms with E-state index in [2.05, 4.69) is 28.7 Å². The van der Waals surface area contributed by atoms with Gasteiger partial charge in [-0.05, 0) is 36.8 Å². The van der Waals surface area contributed by atoms with E-state index in [0.717, 1.165) is 22.4 Å². The van der Waals surface area contributed by atoms with Crippen molar-refractivity contribution in [1.82, 2.24) is 9.97 Å². The molecule has 0 saturated heterocycles. The standard InChI is InChI=1S/C22H21N3O/c1-16-2-4-17(5-3-16)6-7-18-8-10-19(11-9-18)12-22(26)21(23)13-20-14-24-15-25-20/h2-5,8-11,14-15,21H,12-13,23H2,1H3,(H,24,25). The summed E-state index contributed by atoms with van der Waals surface area (Å²) in [5.41, 5.74) is 10.9. The molecule has 1 aromatic heterocycles. The third-order valence-corrected chi connectivity index (χ3v) is 4.14. The Bertz CT molecular complexity index is 914. The molecule has 0 radical (unpaired) electrons. The van der Waals surface area contributed by atoms with Crippen LogP contribution in [0.2, 0.25) is 0 Å². The van der Waals surface area contributed by atoms with Crippen molar-refractivity contribution in [3.05, 3.63) is 89.0 Å². The maximum Gasteiger partial charge on any atom is 0.154 e. The molecule has 3 rings (SSSR count). The van der Waals surface area contributed by atoms with Crippen LogP contribution in [0, 0.1) is 18.8 Å². The minimum absolute atomic E-state index is 0.0121. The van der Waals surface area contributed by atoms with Crippen LogP contribution in [-0.2, 0) is 17.6 Å². The van der Waals surface area contributed by atoms with Crippen molar-refractivity contribution >= 4 is 5.78 Å². The van der Waals surface area contributed by atoms with Gasteiger partial charge in [-0.2, -0.15) is 0 Å². The van der Waals surface area contributed by atoms with E-state index >= 15 is 0 Å². The number of aryl methyl sites for hydroxylation is 1.